The zero-order chi connectivity index (χ0) is 95.2. The summed E-state index contributed by atoms with van der Waals surface area (Å²) in [5.74, 6) is 0.672. The molecule has 7 heteroatoms. The lowest BCUT2D eigenvalue weighted by molar-refractivity contribution is 0.660. The molecule has 0 amide bonds. The summed E-state index contributed by atoms with van der Waals surface area (Å²) in [4.78, 5) is 11.4. The van der Waals surface area contributed by atoms with Crippen molar-refractivity contribution in [2.24, 2.45) is 0 Å². The monoisotopic (exact) mass is 1830 g/mol. The van der Waals surface area contributed by atoms with Crippen LogP contribution in [0.3, 0.4) is 0 Å². The van der Waals surface area contributed by atoms with Crippen LogP contribution < -0.4 is 0 Å². The van der Waals surface area contributed by atoms with Crippen LogP contribution >= 0.6 is 0 Å². The quantitative estimate of drug-likeness (QED) is 0.130. The highest BCUT2D eigenvalue weighted by Gasteiger charge is 2.40. The van der Waals surface area contributed by atoms with Crippen LogP contribution in [-0.4, -0.2) is 32.8 Å². The lowest BCUT2D eigenvalue weighted by Crippen LogP contribution is -2.15. The van der Waals surface area contributed by atoms with Crippen molar-refractivity contribution >= 4 is 120 Å². The second-order valence-corrected chi connectivity index (χ2v) is 41.8. The van der Waals surface area contributed by atoms with E-state index in [2.05, 4.69) is 507 Å². The lowest BCUT2D eigenvalue weighted by atomic mass is 9.82. The second-order valence-electron chi connectivity index (χ2n) is 41.8. The molecule has 0 saturated heterocycles. The van der Waals surface area contributed by atoms with E-state index in [0.29, 0.717) is 5.82 Å². The minimum absolute atomic E-state index is 0.113. The summed E-state index contributed by atoms with van der Waals surface area (Å²) in [5, 5.41) is 14.5. The van der Waals surface area contributed by atoms with Gasteiger partial charge in [0.25, 0.3) is 0 Å². The maximum Gasteiger partial charge on any atom is 0.160 e. The summed E-state index contributed by atoms with van der Waals surface area (Å²) >= 11 is 0. The van der Waals surface area contributed by atoms with Crippen molar-refractivity contribution in [3.63, 3.8) is 0 Å². The molecule has 31 rings (SSSR count). The SMILES string of the molecule is CC1(C)c2ccccc2-c2ccc(-n3c4ccccc4c4cc(-c5ccc6c(c5)c5ccccc5n6-c5cccc(-c6nc(-c7ccccc7)c7c(n6)-c6cccc8c(-c9ccc(-n%10c%11ccc(-c%12ccc%13c(c%12)c%12ccccc%12n%13-c%12ccc%13c(c%12)C(C)(C)c%12ccccc%12-%13)cc%11c%11cc(-c%12ccc%13c(c%12)c%12ccccc%12n%13-c%12ccc%13c(c%12)C(C)(C)c%12ccccc%12-%13)ccc%11%10)cc9)ccc-7c68)c5)ccc43)cc21. The van der Waals surface area contributed by atoms with Gasteiger partial charge in [-0.2, -0.15) is 0 Å². The predicted octanol–water partition coefficient (Wildman–Crippen LogP) is 35.7. The first-order valence-electron chi connectivity index (χ1n) is 50.4. The van der Waals surface area contributed by atoms with Gasteiger partial charge in [-0.05, 0) is 285 Å². The van der Waals surface area contributed by atoms with Crippen LogP contribution in [0.25, 0.3) is 271 Å². The van der Waals surface area contributed by atoms with Crippen LogP contribution in [-0.2, 0) is 16.2 Å². The Morgan fingerprint density at radius 3 is 0.840 bits per heavy atom. The van der Waals surface area contributed by atoms with Crippen molar-refractivity contribution in [2.45, 2.75) is 57.8 Å². The molecule has 0 bridgehead atoms. The smallest absolute Gasteiger partial charge is 0.160 e. The van der Waals surface area contributed by atoms with Crippen LogP contribution in [0.1, 0.15) is 74.9 Å². The zero-order valence-corrected chi connectivity index (χ0v) is 80.3. The predicted molar refractivity (Wildman–Crippen MR) is 601 cm³/mol. The first-order valence-corrected chi connectivity index (χ1v) is 50.4. The van der Waals surface area contributed by atoms with Gasteiger partial charge in [0.1, 0.15) is 0 Å². The average molecular weight is 1840 g/mol. The van der Waals surface area contributed by atoms with Gasteiger partial charge in [0.15, 0.2) is 5.82 Å². The molecule has 4 aliphatic carbocycles. The number of hydrogen-bond donors (Lipinski definition) is 0. The van der Waals surface area contributed by atoms with Gasteiger partial charge in [-0.25, -0.2) is 9.97 Å². The molecule has 0 spiro atoms. The lowest BCUT2D eigenvalue weighted by Gasteiger charge is -2.22. The molecule has 0 aliphatic heterocycles. The summed E-state index contributed by atoms with van der Waals surface area (Å²) in [6.07, 6.45) is 0. The molecule has 0 fully saturated rings. The van der Waals surface area contributed by atoms with Gasteiger partial charge < -0.3 is 22.8 Å². The number of aromatic nitrogens is 7. The fraction of sp³-hybridized carbons (Fsp3) is 0.0657. The van der Waals surface area contributed by atoms with E-state index >= 15 is 0 Å². The minimum atomic E-state index is -0.132. The van der Waals surface area contributed by atoms with Gasteiger partial charge in [0.2, 0.25) is 0 Å². The maximum absolute atomic E-state index is 5.74. The summed E-state index contributed by atoms with van der Waals surface area (Å²) in [6, 6.07) is 167. The molecule has 674 valence electrons. The Hall–Kier alpha value is -18.0. The largest absolute Gasteiger partial charge is 0.309 e. The van der Waals surface area contributed by atoms with Crippen molar-refractivity contribution in [1.29, 1.82) is 0 Å². The molecule has 4 aliphatic rings. The molecule has 6 aromatic heterocycles. The van der Waals surface area contributed by atoms with Crippen molar-refractivity contribution in [1.82, 2.24) is 32.8 Å². The van der Waals surface area contributed by atoms with Crippen molar-refractivity contribution < 1.29 is 0 Å². The van der Waals surface area contributed by atoms with Crippen LogP contribution in [0, 0.1) is 0 Å². The Bertz CT molecular complexity index is 10100. The topological polar surface area (TPSA) is 50.4 Å². The average Bonchev–Trinajstić information content (AvgIpc) is 1.54. The first-order chi connectivity index (χ1) is 70.7. The third-order valence-electron chi connectivity index (χ3n) is 33.3. The van der Waals surface area contributed by atoms with Gasteiger partial charge in [0.05, 0.1) is 66.6 Å². The molecular weight excluding hydrogens is 1740 g/mol. The highest BCUT2D eigenvalue weighted by Crippen LogP contribution is 2.57. The molecule has 0 atom stereocenters. The molecule has 0 unspecified atom stereocenters. The molecule has 0 N–H and O–H groups in total. The number of hydrogen-bond acceptors (Lipinski definition) is 2. The Labute approximate surface area is 832 Å². The molecule has 7 nitrogen and oxygen atoms in total. The Kier molecular flexibility index (Phi) is 16.6. The molecule has 0 radical (unpaired) electrons. The summed E-state index contributed by atoms with van der Waals surface area (Å²) in [6.45, 7) is 14.2. The van der Waals surface area contributed by atoms with Crippen LogP contribution in [0.5, 0.6) is 0 Å². The molecular formula is C137H91N7. The van der Waals surface area contributed by atoms with Crippen molar-refractivity contribution in [3.8, 4) is 151 Å². The van der Waals surface area contributed by atoms with E-state index in [0.717, 1.165) is 94.9 Å². The normalized spacial score (nSPS) is 13.8. The van der Waals surface area contributed by atoms with Gasteiger partial charge in [-0.1, -0.05) is 327 Å². The third-order valence-corrected chi connectivity index (χ3v) is 33.3. The highest BCUT2D eigenvalue weighted by molar-refractivity contribution is 6.22. The Morgan fingerprint density at radius 1 is 0.160 bits per heavy atom. The van der Waals surface area contributed by atoms with Crippen molar-refractivity contribution in [3.05, 3.63) is 476 Å². The maximum atomic E-state index is 5.74. The van der Waals surface area contributed by atoms with Crippen LogP contribution in [0.2, 0.25) is 0 Å². The standard InChI is InChI=1S/C137H91N7/c1-135(2)114-39-17-10-30-95(114)98-59-56-91(77-117(98)135)142-121-43-21-14-34-102(121)109-72-83(49-65-125(109)142)82-48-64-124-108(71-82)101-33-13-20-42-120(101)141(124)90-29-24-28-88(70-90)134-138-132(81-26-8-7-9-27-81)131-106-63-62-94(105-37-25-38-107(130(105)106)133(131)139-134)80-46-54-89(55-47-80)140-128-68-52-86(84-50-66-126-110(73-84)103-35-15-22-44-122(103)143(126)92-57-60-99-96-31-11-18-40-115(96)136(3,4)118(99)78-92)75-112(128)113-76-87(53-69-129(113)140)85-51-67-127-111(74-85)104-36-16-23-45-123(104)144(127)93-58-61-100-97-32-12-19-41-116(97)137(5,6)119(100)79-93/h7-79H,1-6H3. The van der Waals surface area contributed by atoms with E-state index in [1.807, 2.05) is 0 Å². The summed E-state index contributed by atoms with van der Waals surface area (Å²) in [5.41, 5.74) is 49.5. The Morgan fingerprint density at radius 2 is 0.438 bits per heavy atom. The zero-order valence-electron chi connectivity index (χ0n) is 80.3. The molecule has 21 aromatic carbocycles. The first kappa shape index (κ1) is 80.9. The van der Waals surface area contributed by atoms with E-state index in [-0.39, 0.29) is 16.2 Å². The van der Waals surface area contributed by atoms with E-state index in [4.69, 9.17) is 9.97 Å². The number of para-hydroxylation sites is 4. The van der Waals surface area contributed by atoms with E-state index < -0.39 is 0 Å². The van der Waals surface area contributed by atoms with E-state index in [1.54, 1.807) is 0 Å². The fourth-order valence-corrected chi connectivity index (χ4v) is 26.4. The van der Waals surface area contributed by atoms with E-state index in [9.17, 15) is 0 Å². The summed E-state index contributed by atoms with van der Waals surface area (Å²) < 4.78 is 12.3. The van der Waals surface area contributed by atoms with Crippen molar-refractivity contribution in [2.75, 3.05) is 0 Å². The number of nitrogens with zero attached hydrogens (tertiary/aromatic N) is 7. The molecule has 0 saturated carbocycles. The van der Waals surface area contributed by atoms with Crippen LogP contribution in [0.4, 0.5) is 0 Å². The molecule has 27 aromatic rings. The minimum Gasteiger partial charge on any atom is -0.309 e. The number of rotatable bonds is 11. The number of benzene rings is 21. The van der Waals surface area contributed by atoms with Crippen LogP contribution in [0.15, 0.2) is 443 Å². The van der Waals surface area contributed by atoms with Gasteiger partial charge in [-0.3, -0.25) is 0 Å². The molecule has 144 heavy (non-hydrogen) atoms. The number of fused-ring (bicyclic) bond motifs is 27. The second kappa shape index (κ2) is 29.5. The molecule has 6 heterocycles. The fourth-order valence-electron chi connectivity index (χ4n) is 26.4. The van der Waals surface area contributed by atoms with E-state index in [1.165, 1.54) is 204 Å². The third kappa shape index (κ3) is 11.3. The summed E-state index contributed by atoms with van der Waals surface area (Å²) in [7, 11) is 0. The Balaban J connectivity index is 0.502. The van der Waals surface area contributed by atoms with Gasteiger partial charge in [0, 0.05) is 121 Å². The van der Waals surface area contributed by atoms with Gasteiger partial charge >= 0.3 is 0 Å². The highest BCUT2D eigenvalue weighted by atomic mass is 15.0. The van der Waals surface area contributed by atoms with Gasteiger partial charge in [-0.15, -0.1) is 0 Å².